The molecule has 0 N–H and O–H groups in total. The topological polar surface area (TPSA) is 63.1 Å². The van der Waals surface area contributed by atoms with E-state index in [1.54, 1.807) is 0 Å². The zero-order valence-electron chi connectivity index (χ0n) is 16.2. The summed E-state index contributed by atoms with van der Waals surface area (Å²) in [6, 6.07) is 3.25. The zero-order chi connectivity index (χ0) is 23.5. The molecule has 0 aliphatic rings. The second-order valence-electron chi connectivity index (χ2n) is 6.26. The number of ketones is 1. The van der Waals surface area contributed by atoms with Crippen LogP contribution in [0.2, 0.25) is 0 Å². The summed E-state index contributed by atoms with van der Waals surface area (Å²) in [6.45, 7) is 4.64. The van der Waals surface area contributed by atoms with Crippen LogP contribution >= 0.6 is 27.5 Å². The van der Waals surface area contributed by atoms with E-state index in [1.807, 2.05) is 6.07 Å². The number of hydrogen-bond donors (Lipinski definition) is 0. The number of rotatable bonds is 8. The first-order valence-corrected chi connectivity index (χ1v) is 9.84. The van der Waals surface area contributed by atoms with Crippen LogP contribution in [0.3, 0.4) is 0 Å². The van der Waals surface area contributed by atoms with Crippen LogP contribution in [-0.4, -0.2) is 34.6 Å². The molecule has 0 saturated carbocycles. The van der Waals surface area contributed by atoms with E-state index in [1.165, 1.54) is 17.7 Å². The predicted octanol–water partition coefficient (Wildman–Crippen LogP) is 5.09. The summed E-state index contributed by atoms with van der Waals surface area (Å²) < 4.78 is 55.0. The van der Waals surface area contributed by atoms with Crippen molar-refractivity contribution in [3.05, 3.63) is 63.0 Å². The Balaban J connectivity index is 2.99. The van der Waals surface area contributed by atoms with Crippen molar-refractivity contribution < 1.29 is 22.4 Å². The van der Waals surface area contributed by atoms with Crippen molar-refractivity contribution in [2.75, 3.05) is 13.2 Å². The summed E-state index contributed by atoms with van der Waals surface area (Å²) in [7, 11) is 1.45. The Kier molecular flexibility index (Phi) is 8.03. The first-order valence-electron chi connectivity index (χ1n) is 8.67. The number of allylic oxidation sites excluding steroid dienone is 4. The smallest absolute Gasteiger partial charge is 0.256 e. The van der Waals surface area contributed by atoms with E-state index in [-0.39, 0.29) is 49.4 Å². The van der Waals surface area contributed by atoms with Crippen LogP contribution in [-0.2, 0) is 13.6 Å². The molecule has 11 heteroatoms. The van der Waals surface area contributed by atoms with Crippen molar-refractivity contribution in [3.8, 4) is 6.07 Å². The number of aryl methyl sites for hydroxylation is 1. The monoisotopic (exact) mass is 518 g/mol. The fourth-order valence-electron chi connectivity index (χ4n) is 3.10. The van der Waals surface area contributed by atoms with Gasteiger partial charge >= 0.3 is 0 Å². The lowest BCUT2D eigenvalue weighted by Gasteiger charge is -2.11. The molecule has 0 bridgehead atoms. The fourth-order valence-corrected chi connectivity index (χ4v) is 3.84. The van der Waals surface area contributed by atoms with E-state index >= 15 is 0 Å². The van der Waals surface area contributed by atoms with Crippen molar-refractivity contribution >= 4 is 44.3 Å². The molecule has 0 amide bonds. The lowest BCUT2D eigenvalue weighted by atomic mass is 9.97. The third kappa shape index (κ3) is 4.99. The van der Waals surface area contributed by atoms with Gasteiger partial charge in [-0.15, -0.1) is 0 Å². The summed E-state index contributed by atoms with van der Waals surface area (Å²) in [6.07, 6.45) is -1.98. The molecule has 1 aromatic heterocycles. The van der Waals surface area contributed by atoms with Crippen molar-refractivity contribution in [2.45, 2.75) is 13.0 Å². The highest BCUT2D eigenvalue weighted by Crippen LogP contribution is 2.33. The normalized spacial score (nSPS) is 12.5. The van der Waals surface area contributed by atoms with Gasteiger partial charge in [0.25, 0.3) is 6.43 Å². The van der Waals surface area contributed by atoms with Gasteiger partial charge in [0.2, 0.25) is 5.62 Å². The van der Waals surface area contributed by atoms with Crippen LogP contribution < -0.4 is 5.62 Å². The van der Waals surface area contributed by atoms with Gasteiger partial charge in [0.15, 0.2) is 5.78 Å². The molecule has 0 aliphatic carbocycles. The van der Waals surface area contributed by atoms with Crippen LogP contribution in [0.15, 0.2) is 51.2 Å². The first-order chi connectivity index (χ1) is 14.5. The van der Waals surface area contributed by atoms with E-state index in [0.29, 0.717) is 0 Å². The summed E-state index contributed by atoms with van der Waals surface area (Å²) in [5.74, 6) is -1.78. The predicted molar refractivity (Wildman–Crippen MR) is 113 cm³/mol. The highest BCUT2D eigenvalue weighted by atomic mass is 79.9. The Morgan fingerprint density at radius 3 is 2.58 bits per heavy atom. The Morgan fingerprint density at radius 1 is 1.45 bits per heavy atom. The van der Waals surface area contributed by atoms with Gasteiger partial charge in [0.05, 0.1) is 35.2 Å². The molecule has 0 saturated heterocycles. The second kappa shape index (κ2) is 10.1. The Labute approximate surface area is 188 Å². The largest absolute Gasteiger partial charge is 0.312 e. The number of halogens is 6. The number of fused-ring (bicyclic) bond motifs is 1. The number of imidazole rings is 1. The highest BCUT2D eigenvalue weighted by Gasteiger charge is 2.26. The molecule has 2 rings (SSSR count). The van der Waals surface area contributed by atoms with E-state index in [4.69, 9.17) is 11.6 Å². The average Bonchev–Trinajstić information content (AvgIpc) is 2.93. The number of aromatic nitrogens is 2. The molecule has 0 atom stereocenters. The van der Waals surface area contributed by atoms with Crippen LogP contribution in [0.5, 0.6) is 0 Å². The van der Waals surface area contributed by atoms with Gasteiger partial charge in [-0.2, -0.15) is 5.26 Å². The lowest BCUT2D eigenvalue weighted by Crippen LogP contribution is -2.27. The van der Waals surface area contributed by atoms with Gasteiger partial charge in [0.1, 0.15) is 18.6 Å². The number of carbonyl (C=O) groups excluding carboxylic acids is 1. The maximum absolute atomic E-state index is 13.4. The van der Waals surface area contributed by atoms with Gasteiger partial charge < -0.3 is 9.13 Å². The average molecular weight is 520 g/mol. The van der Waals surface area contributed by atoms with E-state index in [0.717, 1.165) is 10.6 Å². The summed E-state index contributed by atoms with van der Waals surface area (Å²) in [5, 5.41) is 9.54. The van der Waals surface area contributed by atoms with Crippen molar-refractivity contribution in [1.29, 1.82) is 5.26 Å². The van der Waals surface area contributed by atoms with E-state index < -0.39 is 31.3 Å². The quantitative estimate of drug-likeness (QED) is 0.211. The van der Waals surface area contributed by atoms with Gasteiger partial charge in [-0.3, -0.25) is 4.79 Å². The molecule has 0 radical (unpaired) electrons. The Hall–Kier alpha value is -2.64. The number of alkyl halides is 3. The number of hydrogen-bond acceptors (Lipinski definition) is 3. The minimum atomic E-state index is -2.76. The zero-order valence-corrected chi connectivity index (χ0v) is 18.6. The summed E-state index contributed by atoms with van der Waals surface area (Å²) in [5.41, 5.74) is -0.407. The van der Waals surface area contributed by atoms with Crippen LogP contribution in [0, 0.1) is 11.3 Å². The highest BCUT2D eigenvalue weighted by molar-refractivity contribution is 9.10. The molecule has 0 spiro atoms. The molecular formula is C20H16BrClF4N4O. The number of benzene rings is 1. The second-order valence-corrected chi connectivity index (χ2v) is 7.57. The number of Topliss-reactive ketones (excluding diaryl/α,β-unsaturated/α-hetero) is 1. The first kappa shape index (κ1) is 24.6. The standard InChI is InChI=1S/C20H16BrClF4N4O/c1-10(24)6-12(11(2)22)19(31)17-13(8-27)18-15(7-14(17)21)30(9-16(25)26)20(29(18)3)28-5-4-23/h6-7,16H,1-2,4-5,9H2,3H3/b12-6+,28-20?. The molecule has 2 aromatic rings. The molecule has 31 heavy (non-hydrogen) atoms. The summed E-state index contributed by atoms with van der Waals surface area (Å²) in [4.78, 5) is 17.1. The van der Waals surface area contributed by atoms with Crippen LogP contribution in [0.4, 0.5) is 17.6 Å². The van der Waals surface area contributed by atoms with Crippen molar-refractivity contribution in [1.82, 2.24) is 9.13 Å². The van der Waals surface area contributed by atoms with Crippen molar-refractivity contribution in [2.24, 2.45) is 12.0 Å². The molecule has 5 nitrogen and oxygen atoms in total. The number of carbonyl (C=O) groups is 1. The minimum absolute atomic E-state index is 0.00407. The number of nitrogens with zero attached hydrogens (tertiary/aromatic N) is 4. The molecule has 0 aliphatic heterocycles. The lowest BCUT2D eigenvalue weighted by molar-refractivity contribution is 0.103. The SMILES string of the molecule is C=C(F)/C=C(\C(=C)Cl)C(=O)c1c(Br)cc2c(c1C#N)n(C)c(=NCCF)n2CC(F)F. The van der Waals surface area contributed by atoms with Crippen LogP contribution in [0.1, 0.15) is 15.9 Å². The maximum atomic E-state index is 13.4. The molecule has 1 aromatic carbocycles. The third-order valence-corrected chi connectivity index (χ3v) is 5.06. The minimum Gasteiger partial charge on any atom is -0.312 e. The summed E-state index contributed by atoms with van der Waals surface area (Å²) >= 11 is 9.03. The third-order valence-electron chi connectivity index (χ3n) is 4.23. The van der Waals surface area contributed by atoms with Crippen molar-refractivity contribution in [3.63, 3.8) is 0 Å². The Bertz CT molecular complexity index is 1220. The Morgan fingerprint density at radius 2 is 2.10 bits per heavy atom. The molecule has 0 fully saturated rings. The molecule has 1 heterocycles. The van der Waals surface area contributed by atoms with Gasteiger partial charge in [0, 0.05) is 22.1 Å². The molecule has 0 unspecified atom stereocenters. The van der Waals surface area contributed by atoms with E-state index in [9.17, 15) is 27.6 Å². The maximum Gasteiger partial charge on any atom is 0.256 e. The van der Waals surface area contributed by atoms with E-state index in [2.05, 4.69) is 34.1 Å². The van der Waals surface area contributed by atoms with Gasteiger partial charge in [-0.25, -0.2) is 22.6 Å². The fraction of sp³-hybridized carbons (Fsp3) is 0.250. The molecule has 164 valence electrons. The van der Waals surface area contributed by atoms with Crippen LogP contribution in [0.25, 0.3) is 11.0 Å². The molecular weight excluding hydrogens is 504 g/mol. The van der Waals surface area contributed by atoms with Gasteiger partial charge in [-0.05, 0) is 28.1 Å². The van der Waals surface area contributed by atoms with Gasteiger partial charge in [-0.1, -0.05) is 24.8 Å². The number of nitriles is 1.